The average molecular weight is 282 g/mol. The van der Waals surface area contributed by atoms with Crippen LogP contribution in [0.4, 0.5) is 0 Å². The minimum absolute atomic E-state index is 0.0384. The van der Waals surface area contributed by atoms with Crippen LogP contribution in [0.2, 0.25) is 0 Å². The summed E-state index contributed by atoms with van der Waals surface area (Å²) in [5.74, 6) is 0.995. The molecular formula is C17H14O4. The molecule has 2 aromatic carbocycles. The van der Waals surface area contributed by atoms with Crippen LogP contribution in [-0.4, -0.2) is 24.6 Å². The number of hydrogen-bond donors (Lipinski definition) is 1. The number of hydrogen-bond acceptors (Lipinski definition) is 4. The Morgan fingerprint density at radius 3 is 2.81 bits per heavy atom. The molecule has 0 bridgehead atoms. The number of carbonyl (C=O) groups is 1. The molecule has 0 saturated carbocycles. The fourth-order valence-corrected chi connectivity index (χ4v) is 2.28. The Morgan fingerprint density at radius 1 is 1.24 bits per heavy atom. The molecular weight excluding hydrogens is 268 g/mol. The van der Waals surface area contributed by atoms with Crippen molar-refractivity contribution in [3.8, 4) is 17.2 Å². The average Bonchev–Trinajstić information content (AvgIpc) is 2.51. The highest BCUT2D eigenvalue weighted by atomic mass is 16.5. The molecule has 0 radical (unpaired) electrons. The van der Waals surface area contributed by atoms with Crippen molar-refractivity contribution < 1.29 is 19.4 Å². The second kappa shape index (κ2) is 5.32. The summed E-state index contributed by atoms with van der Waals surface area (Å²) in [5.41, 5.74) is 1.84. The highest BCUT2D eigenvalue weighted by molar-refractivity contribution is 6.14. The molecule has 0 amide bonds. The van der Waals surface area contributed by atoms with Crippen LogP contribution in [0.3, 0.4) is 0 Å². The molecule has 0 saturated heterocycles. The van der Waals surface area contributed by atoms with E-state index in [0.717, 1.165) is 5.56 Å². The Balaban J connectivity index is 1.95. The lowest BCUT2D eigenvalue weighted by Crippen LogP contribution is -2.18. The predicted molar refractivity (Wildman–Crippen MR) is 78.9 cm³/mol. The van der Waals surface area contributed by atoms with E-state index in [1.54, 1.807) is 36.4 Å². The van der Waals surface area contributed by atoms with Gasteiger partial charge in [-0.25, -0.2) is 0 Å². The lowest BCUT2D eigenvalue weighted by Gasteiger charge is -2.18. The first kappa shape index (κ1) is 13.2. The molecule has 0 aliphatic carbocycles. The van der Waals surface area contributed by atoms with Gasteiger partial charge in [0.1, 0.15) is 12.4 Å². The smallest absolute Gasteiger partial charge is 0.196 e. The number of methoxy groups -OCH3 is 1. The van der Waals surface area contributed by atoms with Crippen LogP contribution < -0.4 is 9.47 Å². The van der Waals surface area contributed by atoms with Gasteiger partial charge >= 0.3 is 0 Å². The van der Waals surface area contributed by atoms with E-state index in [2.05, 4.69) is 0 Å². The second-order valence-electron chi connectivity index (χ2n) is 4.71. The summed E-state index contributed by atoms with van der Waals surface area (Å²) in [6.45, 7) is 0.225. The van der Waals surface area contributed by atoms with E-state index >= 15 is 0 Å². The fourth-order valence-electron chi connectivity index (χ4n) is 2.28. The van der Waals surface area contributed by atoms with Crippen molar-refractivity contribution in [2.75, 3.05) is 13.7 Å². The minimum Gasteiger partial charge on any atom is -0.504 e. The van der Waals surface area contributed by atoms with Gasteiger partial charge < -0.3 is 14.6 Å². The van der Waals surface area contributed by atoms with Gasteiger partial charge in [-0.1, -0.05) is 18.2 Å². The first-order valence-corrected chi connectivity index (χ1v) is 6.53. The largest absolute Gasteiger partial charge is 0.504 e. The molecule has 0 spiro atoms. The normalized spacial score (nSPS) is 15.5. The molecule has 4 nitrogen and oxygen atoms in total. The van der Waals surface area contributed by atoms with Crippen molar-refractivity contribution in [3.05, 3.63) is 59.2 Å². The lowest BCUT2D eigenvalue weighted by atomic mass is 9.98. The highest BCUT2D eigenvalue weighted by Gasteiger charge is 2.22. The van der Waals surface area contributed by atoms with Crippen molar-refractivity contribution in [3.63, 3.8) is 0 Å². The topological polar surface area (TPSA) is 55.8 Å². The fraction of sp³-hybridized carbons (Fsp3) is 0.118. The van der Waals surface area contributed by atoms with Crippen LogP contribution in [0.5, 0.6) is 17.2 Å². The minimum atomic E-state index is -0.0489. The summed E-state index contributed by atoms with van der Waals surface area (Å²) < 4.78 is 10.6. The van der Waals surface area contributed by atoms with Crippen molar-refractivity contribution in [1.29, 1.82) is 0 Å². The molecule has 1 N–H and O–H groups in total. The number of para-hydroxylation sites is 1. The van der Waals surface area contributed by atoms with Crippen molar-refractivity contribution in [2.24, 2.45) is 0 Å². The first-order chi connectivity index (χ1) is 10.2. The highest BCUT2D eigenvalue weighted by Crippen LogP contribution is 2.30. The van der Waals surface area contributed by atoms with Gasteiger partial charge in [0.2, 0.25) is 0 Å². The van der Waals surface area contributed by atoms with Gasteiger partial charge in [-0.15, -0.1) is 0 Å². The molecule has 4 heteroatoms. The van der Waals surface area contributed by atoms with Crippen LogP contribution in [0.1, 0.15) is 15.9 Å². The Labute approximate surface area is 122 Å². The van der Waals surface area contributed by atoms with Crippen LogP contribution in [0.25, 0.3) is 6.08 Å². The SMILES string of the molecule is COc1ccc(/C=C2/COc3ccccc3C2=O)cc1O. The second-order valence-corrected chi connectivity index (χ2v) is 4.71. The molecule has 2 aromatic rings. The Hall–Kier alpha value is -2.75. The molecule has 3 rings (SSSR count). The molecule has 106 valence electrons. The Morgan fingerprint density at radius 2 is 2.05 bits per heavy atom. The first-order valence-electron chi connectivity index (χ1n) is 6.53. The molecule has 1 aliphatic rings. The number of aromatic hydroxyl groups is 1. The summed E-state index contributed by atoms with van der Waals surface area (Å²) in [4.78, 5) is 12.4. The Bertz CT molecular complexity index is 731. The van der Waals surface area contributed by atoms with Gasteiger partial charge in [-0.2, -0.15) is 0 Å². The number of phenols is 1. The van der Waals surface area contributed by atoms with Gasteiger partial charge in [-0.05, 0) is 35.9 Å². The third-order valence-electron chi connectivity index (χ3n) is 3.35. The summed E-state index contributed by atoms with van der Waals surface area (Å²) >= 11 is 0. The lowest BCUT2D eigenvalue weighted by molar-refractivity contribution is 0.100. The van der Waals surface area contributed by atoms with Crippen LogP contribution in [0, 0.1) is 0 Å². The number of phenolic OH excluding ortho intramolecular Hbond substituents is 1. The van der Waals surface area contributed by atoms with Crippen molar-refractivity contribution in [2.45, 2.75) is 0 Å². The molecule has 21 heavy (non-hydrogen) atoms. The summed E-state index contributed by atoms with van der Waals surface area (Å²) in [5, 5.41) is 9.77. The van der Waals surface area contributed by atoms with Gasteiger partial charge in [0, 0.05) is 5.57 Å². The van der Waals surface area contributed by atoms with E-state index in [1.807, 2.05) is 12.1 Å². The van der Waals surface area contributed by atoms with Crippen molar-refractivity contribution >= 4 is 11.9 Å². The third kappa shape index (κ3) is 2.48. The van der Waals surface area contributed by atoms with E-state index in [-0.39, 0.29) is 18.1 Å². The zero-order valence-electron chi connectivity index (χ0n) is 11.5. The number of fused-ring (bicyclic) bond motifs is 1. The van der Waals surface area contributed by atoms with E-state index in [1.165, 1.54) is 7.11 Å². The van der Waals surface area contributed by atoms with E-state index in [9.17, 15) is 9.90 Å². The number of ketones is 1. The number of rotatable bonds is 2. The molecule has 0 unspecified atom stereocenters. The quantitative estimate of drug-likeness (QED) is 0.860. The zero-order valence-corrected chi connectivity index (χ0v) is 11.5. The van der Waals surface area contributed by atoms with Crippen LogP contribution in [0.15, 0.2) is 48.0 Å². The zero-order chi connectivity index (χ0) is 14.8. The predicted octanol–water partition coefficient (Wildman–Crippen LogP) is 3.06. The maximum Gasteiger partial charge on any atom is 0.196 e. The molecule has 0 atom stereocenters. The van der Waals surface area contributed by atoms with Crippen molar-refractivity contribution in [1.82, 2.24) is 0 Å². The maximum absolute atomic E-state index is 12.4. The standard InChI is InChI=1S/C17H14O4/c1-20-16-7-6-11(9-14(16)18)8-12-10-21-15-5-3-2-4-13(15)17(12)19/h2-9,18H,10H2,1H3/b12-8-. The molecule has 1 aliphatic heterocycles. The number of ether oxygens (including phenoxy) is 2. The summed E-state index contributed by atoms with van der Waals surface area (Å²) in [6, 6.07) is 12.2. The van der Waals surface area contributed by atoms with Gasteiger partial charge in [0.05, 0.1) is 12.7 Å². The summed E-state index contributed by atoms with van der Waals surface area (Å²) in [6.07, 6.45) is 1.72. The number of carbonyl (C=O) groups excluding carboxylic acids is 1. The third-order valence-corrected chi connectivity index (χ3v) is 3.35. The van der Waals surface area contributed by atoms with Crippen LogP contribution >= 0.6 is 0 Å². The van der Waals surface area contributed by atoms with Gasteiger partial charge in [-0.3, -0.25) is 4.79 Å². The van der Waals surface area contributed by atoms with Gasteiger partial charge in [0.25, 0.3) is 0 Å². The van der Waals surface area contributed by atoms with Crippen LogP contribution in [-0.2, 0) is 0 Å². The number of Topliss-reactive ketones (excluding diaryl/α,β-unsaturated/α-hetero) is 1. The molecule has 0 aromatic heterocycles. The van der Waals surface area contributed by atoms with E-state index in [0.29, 0.717) is 22.6 Å². The summed E-state index contributed by atoms with van der Waals surface area (Å²) in [7, 11) is 1.49. The number of benzene rings is 2. The monoisotopic (exact) mass is 282 g/mol. The van der Waals surface area contributed by atoms with E-state index in [4.69, 9.17) is 9.47 Å². The van der Waals surface area contributed by atoms with E-state index < -0.39 is 0 Å². The Kier molecular flexibility index (Phi) is 3.36. The maximum atomic E-state index is 12.4. The van der Waals surface area contributed by atoms with Gasteiger partial charge in [0.15, 0.2) is 17.3 Å². The molecule has 0 fully saturated rings. The molecule has 1 heterocycles.